The topological polar surface area (TPSA) is 118 Å². The van der Waals surface area contributed by atoms with E-state index in [4.69, 9.17) is 16.4 Å². The normalized spacial score (nSPS) is 22.7. The Hall–Kier alpha value is -2.44. The highest BCUT2D eigenvalue weighted by Gasteiger charge is 2.37. The minimum Gasteiger partial charge on any atom is -0.501 e. The Bertz CT molecular complexity index is 636. The Morgan fingerprint density at radius 1 is 1.26 bits per heavy atom. The van der Waals surface area contributed by atoms with Crippen LogP contribution >= 0.6 is 11.8 Å². The fraction of sp³-hybridized carbons (Fsp3) is 0.154. The number of hydrogen-bond donors (Lipinski definition) is 3. The maximum absolute atomic E-state index is 9.78. The van der Waals surface area contributed by atoms with Gasteiger partial charge in [0.15, 0.2) is 5.09 Å². The van der Waals surface area contributed by atoms with Crippen molar-refractivity contribution in [3.05, 3.63) is 40.5 Å². The molecule has 6 heteroatoms. The molecule has 0 aromatic heterocycles. The van der Waals surface area contributed by atoms with Gasteiger partial charge in [-0.05, 0) is 29.5 Å². The number of aliphatic hydroxyl groups is 1. The van der Waals surface area contributed by atoms with Gasteiger partial charge in [0.2, 0.25) is 0 Å². The molecule has 1 heterocycles. The van der Waals surface area contributed by atoms with E-state index >= 15 is 0 Å². The van der Waals surface area contributed by atoms with Crippen LogP contribution < -0.4 is 5.73 Å². The predicted octanol–water partition coefficient (Wildman–Crippen LogP) is 2.51. The van der Waals surface area contributed by atoms with Crippen molar-refractivity contribution >= 4 is 22.5 Å². The van der Waals surface area contributed by atoms with Gasteiger partial charge in [-0.15, -0.1) is 0 Å². The van der Waals surface area contributed by atoms with Gasteiger partial charge in [0.1, 0.15) is 5.92 Å². The van der Waals surface area contributed by atoms with Crippen LogP contribution in [0.4, 0.5) is 5.69 Å². The molecule has 4 N–H and O–H groups in total. The van der Waals surface area contributed by atoms with Gasteiger partial charge in [-0.3, -0.25) is 5.41 Å². The van der Waals surface area contributed by atoms with E-state index in [9.17, 15) is 10.4 Å². The largest absolute Gasteiger partial charge is 0.501 e. The fourth-order valence-electron chi connectivity index (χ4n) is 1.99. The molecule has 0 unspecified atom stereocenters. The molecule has 0 bridgehead atoms. The fourth-order valence-corrected chi connectivity index (χ4v) is 2.79. The average molecular weight is 270 g/mol. The van der Waals surface area contributed by atoms with Gasteiger partial charge in [0, 0.05) is 11.6 Å². The second kappa shape index (κ2) is 5.05. The zero-order valence-electron chi connectivity index (χ0n) is 9.79. The highest BCUT2D eigenvalue weighted by molar-refractivity contribution is 8.17. The number of nitriles is 2. The van der Waals surface area contributed by atoms with Gasteiger partial charge in [0.05, 0.1) is 22.8 Å². The lowest BCUT2D eigenvalue weighted by Gasteiger charge is -2.27. The van der Waals surface area contributed by atoms with E-state index in [1.807, 2.05) is 12.1 Å². The summed E-state index contributed by atoms with van der Waals surface area (Å²) < 4.78 is 0. The van der Waals surface area contributed by atoms with Crippen LogP contribution in [-0.4, -0.2) is 10.2 Å². The summed E-state index contributed by atoms with van der Waals surface area (Å²) in [7, 11) is 0. The van der Waals surface area contributed by atoms with Gasteiger partial charge in [-0.1, -0.05) is 12.1 Å². The number of benzene rings is 1. The minimum atomic E-state index is -0.765. The summed E-state index contributed by atoms with van der Waals surface area (Å²) in [6, 6.07) is 10.7. The molecule has 94 valence electrons. The first kappa shape index (κ1) is 13.0. The highest BCUT2D eigenvalue weighted by atomic mass is 32.2. The standard InChI is InChI=1S/C13H10N4OS/c14-5-9-11(7-1-3-8(16)4-2-7)10(6-15)13(18)19-12(9)17/h1-4,9,11,17-18H,16H2/t9-,11-/m0/s1. The van der Waals surface area contributed by atoms with E-state index in [0.29, 0.717) is 11.3 Å². The number of nitrogens with zero attached hydrogens (tertiary/aromatic N) is 2. The number of thioether (sulfide) groups is 1. The van der Waals surface area contributed by atoms with Crippen molar-refractivity contribution < 1.29 is 5.11 Å². The van der Waals surface area contributed by atoms with Crippen LogP contribution in [0.25, 0.3) is 0 Å². The average Bonchev–Trinajstić information content (AvgIpc) is 2.39. The first-order valence-corrected chi connectivity index (χ1v) is 6.24. The molecule has 0 spiro atoms. The quantitative estimate of drug-likeness (QED) is 0.677. The van der Waals surface area contributed by atoms with Crippen molar-refractivity contribution in [2.45, 2.75) is 5.92 Å². The lowest BCUT2D eigenvalue weighted by Crippen LogP contribution is -2.24. The van der Waals surface area contributed by atoms with Crippen LogP contribution in [0.5, 0.6) is 0 Å². The SMILES string of the molecule is N#CC1=C(O)SC(=N)[C@@H](C#N)[C@@H]1c1ccc(N)cc1. The molecule has 0 amide bonds. The highest BCUT2D eigenvalue weighted by Crippen LogP contribution is 2.43. The third-order valence-electron chi connectivity index (χ3n) is 2.92. The Morgan fingerprint density at radius 2 is 1.89 bits per heavy atom. The Labute approximate surface area is 114 Å². The van der Waals surface area contributed by atoms with Gasteiger partial charge in [-0.2, -0.15) is 10.5 Å². The van der Waals surface area contributed by atoms with Gasteiger partial charge < -0.3 is 10.8 Å². The van der Waals surface area contributed by atoms with Gasteiger partial charge in [-0.25, -0.2) is 0 Å². The molecular formula is C13H10N4OS. The van der Waals surface area contributed by atoms with E-state index < -0.39 is 11.8 Å². The van der Waals surface area contributed by atoms with Crippen molar-refractivity contribution in [3.8, 4) is 12.1 Å². The Kier molecular flexibility index (Phi) is 3.46. The molecular weight excluding hydrogens is 260 g/mol. The molecule has 1 aliphatic heterocycles. The molecule has 2 rings (SSSR count). The third-order valence-corrected chi connectivity index (χ3v) is 3.81. The van der Waals surface area contributed by atoms with Crippen molar-refractivity contribution in [3.63, 3.8) is 0 Å². The van der Waals surface area contributed by atoms with Crippen molar-refractivity contribution in [2.24, 2.45) is 5.92 Å². The maximum atomic E-state index is 9.78. The van der Waals surface area contributed by atoms with Crippen LogP contribution in [-0.2, 0) is 0 Å². The molecule has 0 aliphatic carbocycles. The van der Waals surface area contributed by atoms with E-state index in [1.54, 1.807) is 24.3 Å². The summed E-state index contributed by atoms with van der Waals surface area (Å²) in [5.41, 5.74) is 6.99. The molecule has 19 heavy (non-hydrogen) atoms. The summed E-state index contributed by atoms with van der Waals surface area (Å²) in [5.74, 6) is -1.39. The van der Waals surface area contributed by atoms with Crippen LogP contribution in [0, 0.1) is 34.0 Å². The van der Waals surface area contributed by atoms with Crippen molar-refractivity contribution in [1.82, 2.24) is 0 Å². The summed E-state index contributed by atoms with van der Waals surface area (Å²) >= 11 is 0.757. The van der Waals surface area contributed by atoms with Crippen molar-refractivity contribution in [1.29, 1.82) is 15.9 Å². The summed E-state index contributed by atoms with van der Waals surface area (Å²) in [4.78, 5) is 0. The molecule has 0 saturated heterocycles. The first-order valence-electron chi connectivity index (χ1n) is 5.43. The monoisotopic (exact) mass is 270 g/mol. The van der Waals surface area contributed by atoms with Gasteiger partial charge >= 0.3 is 0 Å². The molecule has 0 radical (unpaired) electrons. The van der Waals surface area contributed by atoms with Crippen LogP contribution in [0.2, 0.25) is 0 Å². The number of rotatable bonds is 1. The second-order valence-electron chi connectivity index (χ2n) is 4.05. The molecule has 1 aliphatic rings. The number of aliphatic hydroxyl groups excluding tert-OH is 1. The minimum absolute atomic E-state index is 0.0424. The predicted molar refractivity (Wildman–Crippen MR) is 73.3 cm³/mol. The van der Waals surface area contributed by atoms with Crippen LogP contribution in [0.1, 0.15) is 11.5 Å². The Morgan fingerprint density at radius 3 is 2.42 bits per heavy atom. The molecule has 2 atom stereocenters. The molecule has 5 nitrogen and oxygen atoms in total. The zero-order chi connectivity index (χ0) is 14.0. The zero-order valence-corrected chi connectivity index (χ0v) is 10.6. The lowest BCUT2D eigenvalue weighted by molar-refractivity contribution is 0.444. The molecule has 0 saturated carbocycles. The smallest absolute Gasteiger partial charge is 0.170 e. The van der Waals surface area contributed by atoms with Crippen LogP contribution in [0.3, 0.4) is 0 Å². The summed E-state index contributed by atoms with van der Waals surface area (Å²) in [6.45, 7) is 0. The lowest BCUT2D eigenvalue weighted by atomic mass is 9.82. The van der Waals surface area contributed by atoms with Crippen molar-refractivity contribution in [2.75, 3.05) is 5.73 Å². The molecule has 1 aromatic carbocycles. The maximum Gasteiger partial charge on any atom is 0.170 e. The number of hydrogen-bond acceptors (Lipinski definition) is 6. The second-order valence-corrected chi connectivity index (χ2v) is 5.08. The third kappa shape index (κ3) is 2.26. The number of nitrogen functional groups attached to an aromatic ring is 1. The molecule has 0 fully saturated rings. The number of nitrogens with two attached hydrogens (primary N) is 1. The first-order chi connectivity index (χ1) is 9.08. The van der Waals surface area contributed by atoms with E-state index in [2.05, 4.69) is 0 Å². The number of allylic oxidation sites excluding steroid dienone is 1. The molecule has 1 aromatic rings. The van der Waals surface area contributed by atoms with Gasteiger partial charge in [0.25, 0.3) is 0 Å². The Balaban J connectivity index is 2.58. The number of anilines is 1. The van der Waals surface area contributed by atoms with E-state index in [1.165, 1.54) is 0 Å². The number of nitrogens with one attached hydrogen (secondary N) is 1. The summed E-state index contributed by atoms with van der Waals surface area (Å²) in [5, 5.41) is 35.8. The van der Waals surface area contributed by atoms with E-state index in [-0.39, 0.29) is 15.7 Å². The summed E-state index contributed by atoms with van der Waals surface area (Å²) in [6.07, 6.45) is 0. The van der Waals surface area contributed by atoms with Crippen LogP contribution in [0.15, 0.2) is 34.9 Å². The van der Waals surface area contributed by atoms with E-state index in [0.717, 1.165) is 11.8 Å².